The molecule has 0 spiro atoms. The van der Waals surface area contributed by atoms with Crippen molar-refractivity contribution in [3.05, 3.63) is 59.2 Å². The molecule has 0 heterocycles. The Hall–Kier alpha value is -2.10. The normalized spacial score (nSPS) is 10.4. The number of halogens is 2. The van der Waals surface area contributed by atoms with Crippen molar-refractivity contribution in [2.75, 3.05) is 5.32 Å². The molecule has 0 atom stereocenters. The van der Waals surface area contributed by atoms with E-state index in [9.17, 15) is 13.9 Å². The Bertz CT molecular complexity index is 568. The quantitative estimate of drug-likeness (QED) is 0.871. The molecule has 94 valence electrons. The van der Waals surface area contributed by atoms with E-state index in [0.717, 1.165) is 5.56 Å². The van der Waals surface area contributed by atoms with Crippen LogP contribution < -0.4 is 5.32 Å². The summed E-state index contributed by atoms with van der Waals surface area (Å²) in [6, 6.07) is 8.71. The summed E-state index contributed by atoms with van der Waals surface area (Å²) in [6.45, 7) is 2.07. The second kappa shape index (κ2) is 5.04. The number of aromatic hydroxyl groups is 1. The van der Waals surface area contributed by atoms with Gasteiger partial charge in [0.2, 0.25) is 0 Å². The van der Waals surface area contributed by atoms with Crippen LogP contribution in [0.2, 0.25) is 0 Å². The molecule has 2 aromatic rings. The molecule has 2 aromatic carbocycles. The molecule has 2 rings (SSSR count). The molecule has 0 bridgehead atoms. The lowest BCUT2D eigenvalue weighted by Crippen LogP contribution is -2.02. The largest absolute Gasteiger partial charge is 0.505 e. The van der Waals surface area contributed by atoms with E-state index in [1.165, 1.54) is 24.3 Å². The highest BCUT2D eigenvalue weighted by molar-refractivity contribution is 5.51. The van der Waals surface area contributed by atoms with Crippen LogP contribution in [-0.4, -0.2) is 5.11 Å². The van der Waals surface area contributed by atoms with Gasteiger partial charge < -0.3 is 10.4 Å². The summed E-state index contributed by atoms with van der Waals surface area (Å²) in [5.74, 6) is -1.38. The van der Waals surface area contributed by atoms with E-state index in [2.05, 4.69) is 5.32 Å². The molecule has 18 heavy (non-hydrogen) atoms. The first-order valence-electron chi connectivity index (χ1n) is 5.54. The van der Waals surface area contributed by atoms with Gasteiger partial charge in [-0.25, -0.2) is 8.78 Å². The predicted molar refractivity (Wildman–Crippen MR) is 66.5 cm³/mol. The second-order valence-corrected chi connectivity index (χ2v) is 4.06. The summed E-state index contributed by atoms with van der Waals surface area (Å²) < 4.78 is 26.2. The van der Waals surface area contributed by atoms with Crippen LogP contribution in [0.3, 0.4) is 0 Å². The van der Waals surface area contributed by atoms with Crippen LogP contribution in [0.1, 0.15) is 11.1 Å². The molecule has 0 unspecified atom stereocenters. The first kappa shape index (κ1) is 12.4. The lowest BCUT2D eigenvalue weighted by Gasteiger charge is -2.11. The number of rotatable bonds is 3. The lowest BCUT2D eigenvalue weighted by atomic mass is 10.1. The van der Waals surface area contributed by atoms with Crippen LogP contribution in [0.4, 0.5) is 14.5 Å². The summed E-state index contributed by atoms with van der Waals surface area (Å²) in [5, 5.41) is 12.5. The molecule has 4 heteroatoms. The number of aryl methyl sites for hydroxylation is 1. The van der Waals surface area contributed by atoms with E-state index >= 15 is 0 Å². The lowest BCUT2D eigenvalue weighted by molar-refractivity contribution is 0.427. The van der Waals surface area contributed by atoms with Crippen molar-refractivity contribution in [1.82, 2.24) is 0 Å². The summed E-state index contributed by atoms with van der Waals surface area (Å²) in [4.78, 5) is 0. The Balaban J connectivity index is 2.16. The van der Waals surface area contributed by atoms with Crippen LogP contribution in [0.25, 0.3) is 0 Å². The third kappa shape index (κ3) is 2.59. The molecule has 0 radical (unpaired) electrons. The Morgan fingerprint density at radius 3 is 2.72 bits per heavy atom. The van der Waals surface area contributed by atoms with E-state index in [1.807, 2.05) is 6.92 Å². The number of anilines is 1. The highest BCUT2D eigenvalue weighted by atomic mass is 19.1. The van der Waals surface area contributed by atoms with Gasteiger partial charge in [-0.3, -0.25) is 0 Å². The molecule has 0 aromatic heterocycles. The van der Waals surface area contributed by atoms with Crippen molar-refractivity contribution >= 4 is 5.69 Å². The fraction of sp³-hybridized carbons (Fsp3) is 0.143. The summed E-state index contributed by atoms with van der Waals surface area (Å²) in [6.07, 6.45) is 0. The standard InChI is InChI=1S/C14H13F2NO/c1-9-5-6-11(15)7-13(9)17-8-10-3-2-4-12(16)14(10)18/h2-7,17-18H,8H2,1H3. The van der Waals surface area contributed by atoms with Gasteiger partial charge in [-0.05, 0) is 30.7 Å². The van der Waals surface area contributed by atoms with Crippen LogP contribution in [0.15, 0.2) is 36.4 Å². The van der Waals surface area contributed by atoms with Crippen molar-refractivity contribution in [1.29, 1.82) is 0 Å². The third-order valence-electron chi connectivity index (χ3n) is 2.74. The minimum absolute atomic E-state index is 0.230. The Kier molecular flexibility index (Phi) is 3.46. The SMILES string of the molecule is Cc1ccc(F)cc1NCc1cccc(F)c1O. The number of phenolic OH excluding ortho intramolecular Hbond substituents is 1. The molecule has 0 aliphatic carbocycles. The van der Waals surface area contributed by atoms with Crippen molar-refractivity contribution < 1.29 is 13.9 Å². The van der Waals surface area contributed by atoms with Gasteiger partial charge in [0.25, 0.3) is 0 Å². The number of hydrogen-bond acceptors (Lipinski definition) is 2. The molecule has 0 saturated heterocycles. The number of phenols is 1. The number of nitrogens with one attached hydrogen (secondary N) is 1. The first-order valence-corrected chi connectivity index (χ1v) is 5.54. The first-order chi connectivity index (χ1) is 8.58. The minimum atomic E-state index is -0.662. The average molecular weight is 249 g/mol. The van der Waals surface area contributed by atoms with E-state index in [0.29, 0.717) is 11.3 Å². The summed E-state index contributed by atoms with van der Waals surface area (Å²) in [7, 11) is 0. The highest BCUT2D eigenvalue weighted by Crippen LogP contribution is 2.23. The van der Waals surface area contributed by atoms with Crippen LogP contribution in [-0.2, 0) is 6.54 Å². The zero-order chi connectivity index (χ0) is 13.1. The van der Waals surface area contributed by atoms with Crippen molar-refractivity contribution in [2.45, 2.75) is 13.5 Å². The number of hydrogen-bond donors (Lipinski definition) is 2. The zero-order valence-electron chi connectivity index (χ0n) is 9.87. The third-order valence-corrected chi connectivity index (χ3v) is 2.74. The molecule has 2 N–H and O–H groups in total. The molecule has 0 aliphatic heterocycles. The van der Waals surface area contributed by atoms with Gasteiger partial charge in [0.1, 0.15) is 5.82 Å². The van der Waals surface area contributed by atoms with E-state index in [-0.39, 0.29) is 18.1 Å². The van der Waals surface area contributed by atoms with E-state index < -0.39 is 5.82 Å². The summed E-state index contributed by atoms with van der Waals surface area (Å²) in [5.41, 5.74) is 1.93. The molecular formula is C14H13F2NO. The van der Waals surface area contributed by atoms with Gasteiger partial charge in [0.15, 0.2) is 11.6 Å². The maximum atomic E-state index is 13.1. The highest BCUT2D eigenvalue weighted by Gasteiger charge is 2.07. The monoisotopic (exact) mass is 249 g/mol. The molecule has 0 fully saturated rings. The van der Waals surface area contributed by atoms with Gasteiger partial charge >= 0.3 is 0 Å². The molecule has 0 aliphatic rings. The van der Waals surface area contributed by atoms with E-state index in [4.69, 9.17) is 0 Å². The smallest absolute Gasteiger partial charge is 0.165 e. The Morgan fingerprint density at radius 1 is 1.17 bits per heavy atom. The van der Waals surface area contributed by atoms with Gasteiger partial charge in [-0.2, -0.15) is 0 Å². The van der Waals surface area contributed by atoms with Gasteiger partial charge in [0, 0.05) is 17.8 Å². The fourth-order valence-corrected chi connectivity index (χ4v) is 1.68. The number of benzene rings is 2. The van der Waals surface area contributed by atoms with Crippen molar-refractivity contribution in [2.24, 2.45) is 0 Å². The van der Waals surface area contributed by atoms with Crippen LogP contribution in [0.5, 0.6) is 5.75 Å². The topological polar surface area (TPSA) is 32.3 Å². The van der Waals surface area contributed by atoms with Crippen LogP contribution in [0, 0.1) is 18.6 Å². The molecule has 2 nitrogen and oxygen atoms in total. The molecular weight excluding hydrogens is 236 g/mol. The minimum Gasteiger partial charge on any atom is -0.505 e. The number of para-hydroxylation sites is 1. The maximum Gasteiger partial charge on any atom is 0.165 e. The van der Waals surface area contributed by atoms with Gasteiger partial charge in [0.05, 0.1) is 0 Å². The Morgan fingerprint density at radius 2 is 1.94 bits per heavy atom. The predicted octanol–water partition coefficient (Wildman–Crippen LogP) is 3.59. The van der Waals surface area contributed by atoms with E-state index in [1.54, 1.807) is 12.1 Å². The fourth-order valence-electron chi connectivity index (χ4n) is 1.68. The molecule has 0 saturated carbocycles. The van der Waals surface area contributed by atoms with Crippen molar-refractivity contribution in [3.8, 4) is 5.75 Å². The average Bonchev–Trinajstić information content (AvgIpc) is 2.35. The second-order valence-electron chi connectivity index (χ2n) is 4.06. The maximum absolute atomic E-state index is 13.1. The van der Waals surface area contributed by atoms with Gasteiger partial charge in [-0.1, -0.05) is 18.2 Å². The molecule has 0 amide bonds. The Labute approximate surface area is 104 Å². The zero-order valence-corrected chi connectivity index (χ0v) is 9.87. The van der Waals surface area contributed by atoms with Crippen molar-refractivity contribution in [3.63, 3.8) is 0 Å². The summed E-state index contributed by atoms with van der Waals surface area (Å²) >= 11 is 0. The van der Waals surface area contributed by atoms with Crippen LogP contribution >= 0.6 is 0 Å². The van der Waals surface area contributed by atoms with Gasteiger partial charge in [-0.15, -0.1) is 0 Å².